The Kier molecular flexibility index (Phi) is 4.87. The Morgan fingerprint density at radius 1 is 0.452 bits per heavy atom. The van der Waals surface area contributed by atoms with E-state index in [-0.39, 0.29) is 0 Å². The summed E-state index contributed by atoms with van der Waals surface area (Å²) in [5, 5.41) is 5.96. The van der Waals surface area contributed by atoms with E-state index in [1.54, 1.807) is 6.20 Å². The van der Waals surface area contributed by atoms with Crippen molar-refractivity contribution in [1.29, 1.82) is 0 Å². The number of aromatic nitrogens is 4. The van der Waals surface area contributed by atoms with Gasteiger partial charge in [0.2, 0.25) is 0 Å². The normalized spacial score (nSPS) is 11.8. The van der Waals surface area contributed by atoms with Gasteiger partial charge in [0.1, 0.15) is 0 Å². The standard InChI is InChI=1S/C38H24N4/c1-2-11-27(12-3-1)41-34-17-6-5-14-31(34)33-23-25(19-20-36(33)41)29-15-8-16-32-30-13-4-7-18-35(30)42(37(29)32)28-22-26-10-9-21-39-38(26)40-24-28/h1-24H. The first-order valence-corrected chi connectivity index (χ1v) is 14.2. The molecule has 42 heavy (non-hydrogen) atoms. The third-order valence-corrected chi connectivity index (χ3v) is 8.39. The predicted octanol–water partition coefficient (Wildman–Crippen LogP) is 9.49. The Morgan fingerprint density at radius 3 is 2.02 bits per heavy atom. The Balaban J connectivity index is 1.36. The van der Waals surface area contributed by atoms with Crippen molar-refractivity contribution in [2.24, 2.45) is 0 Å². The predicted molar refractivity (Wildman–Crippen MR) is 174 cm³/mol. The highest BCUT2D eigenvalue weighted by atomic mass is 15.0. The maximum Gasteiger partial charge on any atom is 0.159 e. The molecule has 0 bridgehead atoms. The lowest BCUT2D eigenvalue weighted by molar-refractivity contribution is 1.15. The van der Waals surface area contributed by atoms with Crippen LogP contribution in [0.3, 0.4) is 0 Å². The van der Waals surface area contributed by atoms with E-state index in [4.69, 9.17) is 4.98 Å². The summed E-state index contributed by atoms with van der Waals surface area (Å²) in [4.78, 5) is 9.17. The molecule has 0 fully saturated rings. The van der Waals surface area contributed by atoms with E-state index in [9.17, 15) is 0 Å². The summed E-state index contributed by atoms with van der Waals surface area (Å²) in [5.74, 6) is 0. The monoisotopic (exact) mass is 536 g/mol. The van der Waals surface area contributed by atoms with Gasteiger partial charge in [-0.25, -0.2) is 9.97 Å². The van der Waals surface area contributed by atoms with E-state index in [0.29, 0.717) is 0 Å². The van der Waals surface area contributed by atoms with Crippen LogP contribution < -0.4 is 0 Å². The van der Waals surface area contributed by atoms with E-state index in [1.807, 2.05) is 12.3 Å². The first kappa shape index (κ1) is 23.0. The molecule has 196 valence electrons. The Morgan fingerprint density at radius 2 is 1.17 bits per heavy atom. The molecule has 0 radical (unpaired) electrons. The maximum absolute atomic E-state index is 4.73. The second-order valence-corrected chi connectivity index (χ2v) is 10.7. The van der Waals surface area contributed by atoms with Gasteiger partial charge in [0.05, 0.1) is 34.0 Å². The van der Waals surface area contributed by atoms with Crippen LogP contribution in [0, 0.1) is 0 Å². The van der Waals surface area contributed by atoms with Crippen LogP contribution in [0.1, 0.15) is 0 Å². The second kappa shape index (κ2) is 8.88. The third-order valence-electron chi connectivity index (χ3n) is 8.39. The minimum atomic E-state index is 0.752. The summed E-state index contributed by atoms with van der Waals surface area (Å²) in [7, 11) is 0. The van der Waals surface area contributed by atoms with E-state index in [1.165, 1.54) is 49.2 Å². The average molecular weight is 537 g/mol. The molecular weight excluding hydrogens is 512 g/mol. The molecule has 4 aromatic heterocycles. The lowest BCUT2D eigenvalue weighted by Crippen LogP contribution is -1.97. The minimum Gasteiger partial charge on any atom is -0.309 e. The van der Waals surface area contributed by atoms with Gasteiger partial charge in [-0.2, -0.15) is 0 Å². The molecule has 0 aliphatic carbocycles. The van der Waals surface area contributed by atoms with Gasteiger partial charge in [-0.3, -0.25) is 0 Å². The fraction of sp³-hybridized carbons (Fsp3) is 0. The summed E-state index contributed by atoms with van der Waals surface area (Å²) in [5.41, 5.74) is 10.1. The molecule has 0 aliphatic heterocycles. The minimum absolute atomic E-state index is 0.752. The highest BCUT2D eigenvalue weighted by Gasteiger charge is 2.18. The number of fused-ring (bicyclic) bond motifs is 7. The number of hydrogen-bond donors (Lipinski definition) is 0. The maximum atomic E-state index is 4.73. The fourth-order valence-electron chi connectivity index (χ4n) is 6.59. The van der Waals surface area contributed by atoms with Crippen LogP contribution in [-0.4, -0.2) is 19.1 Å². The first-order chi connectivity index (χ1) is 20.8. The number of rotatable bonds is 3. The van der Waals surface area contributed by atoms with Crippen LogP contribution in [0.2, 0.25) is 0 Å². The highest BCUT2D eigenvalue weighted by Crippen LogP contribution is 2.40. The number of nitrogens with zero attached hydrogens (tertiary/aromatic N) is 4. The summed E-state index contributed by atoms with van der Waals surface area (Å²) in [6, 6.07) is 47.7. The number of benzene rings is 5. The van der Waals surface area contributed by atoms with Gasteiger partial charge in [0.15, 0.2) is 5.65 Å². The molecule has 0 amide bonds. The quantitative estimate of drug-likeness (QED) is 0.225. The molecule has 9 aromatic rings. The van der Waals surface area contributed by atoms with Crippen LogP contribution >= 0.6 is 0 Å². The van der Waals surface area contributed by atoms with Crippen molar-refractivity contribution in [3.8, 4) is 22.5 Å². The van der Waals surface area contributed by atoms with Crippen molar-refractivity contribution in [1.82, 2.24) is 19.1 Å². The number of pyridine rings is 2. The van der Waals surface area contributed by atoms with Crippen LogP contribution in [0.4, 0.5) is 0 Å². The van der Waals surface area contributed by atoms with Gasteiger partial charge < -0.3 is 9.13 Å². The van der Waals surface area contributed by atoms with Crippen molar-refractivity contribution >= 4 is 54.6 Å². The Bertz CT molecular complexity index is 2470. The molecule has 0 aliphatic rings. The van der Waals surface area contributed by atoms with Crippen molar-refractivity contribution < 1.29 is 0 Å². The second-order valence-electron chi connectivity index (χ2n) is 10.7. The molecule has 9 rings (SSSR count). The zero-order valence-corrected chi connectivity index (χ0v) is 22.6. The van der Waals surface area contributed by atoms with Gasteiger partial charge in [-0.15, -0.1) is 0 Å². The topological polar surface area (TPSA) is 35.6 Å². The largest absolute Gasteiger partial charge is 0.309 e. The Labute approximate surface area is 241 Å². The summed E-state index contributed by atoms with van der Waals surface area (Å²) in [6.45, 7) is 0. The molecule has 0 N–H and O–H groups in total. The van der Waals surface area contributed by atoms with Crippen molar-refractivity contribution in [2.45, 2.75) is 0 Å². The number of hydrogen-bond acceptors (Lipinski definition) is 2. The first-order valence-electron chi connectivity index (χ1n) is 14.2. The molecule has 0 saturated heterocycles. The molecule has 4 heteroatoms. The van der Waals surface area contributed by atoms with Gasteiger partial charge in [0.25, 0.3) is 0 Å². The highest BCUT2D eigenvalue weighted by molar-refractivity contribution is 6.15. The molecule has 5 aromatic carbocycles. The average Bonchev–Trinajstić information content (AvgIpc) is 3.58. The smallest absolute Gasteiger partial charge is 0.159 e. The van der Waals surface area contributed by atoms with E-state index < -0.39 is 0 Å². The van der Waals surface area contributed by atoms with E-state index in [2.05, 4.69) is 142 Å². The molecule has 4 nitrogen and oxygen atoms in total. The van der Waals surface area contributed by atoms with Gasteiger partial charge in [0, 0.05) is 44.4 Å². The van der Waals surface area contributed by atoms with E-state index >= 15 is 0 Å². The van der Waals surface area contributed by atoms with Crippen molar-refractivity contribution in [2.75, 3.05) is 0 Å². The van der Waals surface area contributed by atoms with Crippen LogP contribution in [-0.2, 0) is 0 Å². The third kappa shape index (κ3) is 3.29. The molecule has 0 atom stereocenters. The van der Waals surface area contributed by atoms with Crippen LogP contribution in [0.5, 0.6) is 0 Å². The molecule has 0 unspecified atom stereocenters. The van der Waals surface area contributed by atoms with Gasteiger partial charge >= 0.3 is 0 Å². The number of para-hydroxylation sites is 4. The summed E-state index contributed by atoms with van der Waals surface area (Å²) < 4.78 is 4.72. The molecule has 4 heterocycles. The summed E-state index contributed by atoms with van der Waals surface area (Å²) >= 11 is 0. The Hall–Kier alpha value is -5.74. The zero-order valence-electron chi connectivity index (χ0n) is 22.6. The fourth-order valence-corrected chi connectivity index (χ4v) is 6.59. The van der Waals surface area contributed by atoms with Crippen molar-refractivity contribution in [3.63, 3.8) is 0 Å². The molecule has 0 spiro atoms. The van der Waals surface area contributed by atoms with Crippen LogP contribution in [0.15, 0.2) is 146 Å². The van der Waals surface area contributed by atoms with Crippen molar-refractivity contribution in [3.05, 3.63) is 146 Å². The lowest BCUT2D eigenvalue weighted by atomic mass is 10.00. The molecule has 0 saturated carbocycles. The van der Waals surface area contributed by atoms with Gasteiger partial charge in [-0.05, 0) is 60.2 Å². The SMILES string of the molecule is c1ccc(-n2c3ccccc3c3cc(-c4cccc5c6ccccc6n(-c6cnc7ncccc7c6)c45)ccc32)cc1. The van der Waals surface area contributed by atoms with E-state index in [0.717, 1.165) is 27.9 Å². The van der Waals surface area contributed by atoms with Crippen LogP contribution in [0.25, 0.3) is 77.1 Å². The lowest BCUT2D eigenvalue weighted by Gasteiger charge is -2.12. The zero-order chi connectivity index (χ0) is 27.6. The molecular formula is C38H24N4. The summed E-state index contributed by atoms with van der Waals surface area (Å²) in [6.07, 6.45) is 3.73. The van der Waals surface area contributed by atoms with Gasteiger partial charge in [-0.1, -0.05) is 78.9 Å².